The van der Waals surface area contributed by atoms with Crippen LogP contribution in [0.1, 0.15) is 0 Å². The molecule has 0 aliphatic rings. The van der Waals surface area contributed by atoms with Gasteiger partial charge in [-0.1, -0.05) is 23.9 Å². The monoisotopic (exact) mass is 154 g/mol. The first kappa shape index (κ1) is 8.42. The highest BCUT2D eigenvalue weighted by Gasteiger charge is 1.87. The smallest absolute Gasteiger partial charge is 0.0239 e. The number of nitrogens with zero attached hydrogens (tertiary/aromatic N) is 1. The molecule has 0 saturated heterocycles. The standard InChI is InChI=1S/C3H9NO2S2/c1-4(7)2-3-8(5)6/h7H,2-3H2,1H3,(H,5,6)/p-1. The third-order valence-electron chi connectivity index (χ3n) is 0.582. The van der Waals surface area contributed by atoms with Gasteiger partial charge in [0, 0.05) is 12.3 Å². The molecule has 0 radical (unpaired) electrons. The van der Waals surface area contributed by atoms with E-state index in [9.17, 15) is 8.76 Å². The van der Waals surface area contributed by atoms with E-state index in [0.717, 1.165) is 0 Å². The summed E-state index contributed by atoms with van der Waals surface area (Å²) in [6.45, 7) is 0.471. The first-order valence-corrected chi connectivity index (χ1v) is 3.73. The number of thiol groups is 1. The molecule has 0 spiro atoms. The van der Waals surface area contributed by atoms with Crippen molar-refractivity contribution in [3.63, 3.8) is 0 Å². The van der Waals surface area contributed by atoms with E-state index in [1.807, 2.05) is 0 Å². The predicted molar refractivity (Wildman–Crippen MR) is 35.4 cm³/mol. The molecule has 0 N–H and O–H groups in total. The highest BCUT2D eigenvalue weighted by molar-refractivity contribution is 7.79. The molecule has 0 aromatic rings. The quantitative estimate of drug-likeness (QED) is 0.446. The van der Waals surface area contributed by atoms with Gasteiger partial charge in [-0.2, -0.15) is 0 Å². The molecule has 1 atom stereocenters. The molecule has 0 heterocycles. The Bertz CT molecular complexity index is 85.4. The summed E-state index contributed by atoms with van der Waals surface area (Å²) in [4.78, 5) is 0. The summed E-state index contributed by atoms with van der Waals surface area (Å²) >= 11 is 1.91. The van der Waals surface area contributed by atoms with Crippen molar-refractivity contribution >= 4 is 23.9 Å². The van der Waals surface area contributed by atoms with Gasteiger partial charge >= 0.3 is 0 Å². The lowest BCUT2D eigenvalue weighted by atomic mass is 10.8. The topological polar surface area (TPSA) is 43.4 Å². The van der Waals surface area contributed by atoms with Crippen molar-refractivity contribution in [2.45, 2.75) is 0 Å². The summed E-state index contributed by atoms with van der Waals surface area (Å²) in [6, 6.07) is 0. The van der Waals surface area contributed by atoms with E-state index < -0.39 is 11.1 Å². The summed E-state index contributed by atoms with van der Waals surface area (Å²) in [5, 5.41) is 0. The van der Waals surface area contributed by atoms with Crippen LogP contribution < -0.4 is 0 Å². The van der Waals surface area contributed by atoms with Gasteiger partial charge in [0.05, 0.1) is 0 Å². The van der Waals surface area contributed by atoms with Gasteiger partial charge in [-0.25, -0.2) is 0 Å². The second-order valence-electron chi connectivity index (χ2n) is 1.39. The van der Waals surface area contributed by atoms with Gasteiger partial charge < -0.3 is 4.55 Å². The fourth-order valence-corrected chi connectivity index (χ4v) is 0.865. The van der Waals surface area contributed by atoms with E-state index in [0.29, 0.717) is 6.54 Å². The highest BCUT2D eigenvalue weighted by Crippen LogP contribution is 1.85. The molecule has 0 aliphatic heterocycles. The summed E-state index contributed by atoms with van der Waals surface area (Å²) in [6.07, 6.45) is 0. The van der Waals surface area contributed by atoms with Crippen LogP contribution in [0.4, 0.5) is 0 Å². The molecule has 3 nitrogen and oxygen atoms in total. The number of rotatable bonds is 3. The van der Waals surface area contributed by atoms with Gasteiger partial charge in [0.2, 0.25) is 0 Å². The normalized spacial score (nSPS) is 14.5. The molecule has 0 rings (SSSR count). The minimum absolute atomic E-state index is 0.153. The molecule has 0 aromatic carbocycles. The zero-order valence-electron chi connectivity index (χ0n) is 4.53. The van der Waals surface area contributed by atoms with Gasteiger partial charge in [0.1, 0.15) is 0 Å². The van der Waals surface area contributed by atoms with Crippen LogP contribution in [0.25, 0.3) is 0 Å². The second kappa shape index (κ2) is 4.31. The molecule has 50 valence electrons. The summed E-state index contributed by atoms with van der Waals surface area (Å²) in [7, 11) is 1.70. The minimum Gasteiger partial charge on any atom is -0.772 e. The van der Waals surface area contributed by atoms with Crippen LogP contribution in [0.3, 0.4) is 0 Å². The van der Waals surface area contributed by atoms with Crippen LogP contribution >= 0.6 is 12.8 Å². The highest BCUT2D eigenvalue weighted by atomic mass is 32.2. The van der Waals surface area contributed by atoms with Crippen molar-refractivity contribution in [2.75, 3.05) is 19.3 Å². The molecule has 0 saturated carbocycles. The molecular weight excluding hydrogens is 146 g/mol. The molecule has 1 unspecified atom stereocenters. The Morgan fingerprint density at radius 2 is 2.38 bits per heavy atom. The van der Waals surface area contributed by atoms with E-state index in [1.54, 1.807) is 7.05 Å². The van der Waals surface area contributed by atoms with Crippen LogP contribution in [0.5, 0.6) is 0 Å². The third kappa shape index (κ3) is 6.42. The maximum absolute atomic E-state index is 9.84. The van der Waals surface area contributed by atoms with Gasteiger partial charge in [0.25, 0.3) is 0 Å². The Morgan fingerprint density at radius 1 is 1.88 bits per heavy atom. The van der Waals surface area contributed by atoms with Crippen LogP contribution in [0.2, 0.25) is 0 Å². The summed E-state index contributed by atoms with van der Waals surface area (Å²) in [5.74, 6) is 0.153. The van der Waals surface area contributed by atoms with Crippen molar-refractivity contribution in [1.82, 2.24) is 4.31 Å². The van der Waals surface area contributed by atoms with Gasteiger partial charge in [0.15, 0.2) is 0 Å². The van der Waals surface area contributed by atoms with E-state index in [4.69, 9.17) is 0 Å². The summed E-state index contributed by atoms with van der Waals surface area (Å²) < 4.78 is 21.2. The van der Waals surface area contributed by atoms with Crippen molar-refractivity contribution in [1.29, 1.82) is 0 Å². The molecule has 0 fully saturated rings. The summed E-state index contributed by atoms with van der Waals surface area (Å²) in [5.41, 5.74) is 0. The molecular formula is C3H8NO2S2-. The average Bonchev–Trinajstić information content (AvgIpc) is 1.61. The zero-order chi connectivity index (χ0) is 6.57. The first-order valence-electron chi connectivity index (χ1n) is 2.09. The lowest BCUT2D eigenvalue weighted by Gasteiger charge is -2.08. The Hall–Kier alpha value is 0.420. The van der Waals surface area contributed by atoms with E-state index in [1.165, 1.54) is 4.31 Å². The van der Waals surface area contributed by atoms with E-state index >= 15 is 0 Å². The van der Waals surface area contributed by atoms with Crippen LogP contribution in [0.15, 0.2) is 0 Å². The predicted octanol–water partition coefficient (Wildman–Crippen LogP) is -0.358. The maximum Gasteiger partial charge on any atom is 0.0239 e. The van der Waals surface area contributed by atoms with E-state index in [2.05, 4.69) is 12.8 Å². The van der Waals surface area contributed by atoms with Crippen LogP contribution in [-0.4, -0.2) is 32.4 Å². The third-order valence-corrected chi connectivity index (χ3v) is 1.30. The Kier molecular flexibility index (Phi) is 4.54. The molecule has 0 bridgehead atoms. The van der Waals surface area contributed by atoms with Gasteiger partial charge in [-0.3, -0.25) is 8.51 Å². The lowest BCUT2D eigenvalue weighted by molar-refractivity contribution is 0.524. The number of hydrogen-bond acceptors (Lipinski definition) is 4. The molecule has 8 heavy (non-hydrogen) atoms. The maximum atomic E-state index is 9.84. The molecule has 5 heteroatoms. The van der Waals surface area contributed by atoms with Gasteiger partial charge in [-0.15, -0.1) is 0 Å². The van der Waals surface area contributed by atoms with Crippen molar-refractivity contribution in [2.24, 2.45) is 0 Å². The Labute approximate surface area is 56.9 Å². The molecule has 0 amide bonds. The fourth-order valence-electron chi connectivity index (χ4n) is 0.207. The van der Waals surface area contributed by atoms with Crippen molar-refractivity contribution in [3.8, 4) is 0 Å². The Balaban J connectivity index is 3.05. The van der Waals surface area contributed by atoms with Crippen LogP contribution in [-0.2, 0) is 11.1 Å². The lowest BCUT2D eigenvalue weighted by Crippen LogP contribution is -2.13. The zero-order valence-corrected chi connectivity index (χ0v) is 6.24. The SMILES string of the molecule is CN(S)CCS(=O)[O-]. The van der Waals surface area contributed by atoms with Crippen LogP contribution in [0, 0.1) is 0 Å². The van der Waals surface area contributed by atoms with Gasteiger partial charge in [-0.05, 0) is 7.05 Å². The van der Waals surface area contributed by atoms with E-state index in [-0.39, 0.29) is 5.75 Å². The average molecular weight is 154 g/mol. The fraction of sp³-hybridized carbons (Fsp3) is 1.00. The molecule has 0 aliphatic carbocycles. The second-order valence-corrected chi connectivity index (χ2v) is 3.09. The molecule has 0 aromatic heterocycles. The van der Waals surface area contributed by atoms with Crippen molar-refractivity contribution in [3.05, 3.63) is 0 Å². The first-order chi connectivity index (χ1) is 3.63. The number of hydrogen-bond donors (Lipinski definition) is 1. The van der Waals surface area contributed by atoms with Crippen molar-refractivity contribution < 1.29 is 8.76 Å². The minimum atomic E-state index is -1.93. The largest absolute Gasteiger partial charge is 0.772 e. The Morgan fingerprint density at radius 3 is 2.50 bits per heavy atom.